The third-order valence-corrected chi connectivity index (χ3v) is 3.00. The highest BCUT2D eigenvalue weighted by molar-refractivity contribution is 5.62. The molecular formula is C13H15FN4O2. The van der Waals surface area contributed by atoms with Gasteiger partial charge in [-0.25, -0.2) is 4.98 Å². The molecule has 0 saturated heterocycles. The second-order valence-electron chi connectivity index (χ2n) is 4.50. The first-order valence-corrected chi connectivity index (χ1v) is 6.27. The molecule has 20 heavy (non-hydrogen) atoms. The van der Waals surface area contributed by atoms with Crippen molar-refractivity contribution in [2.24, 2.45) is 5.73 Å². The largest absolute Gasteiger partial charge is 0.341 e. The van der Waals surface area contributed by atoms with Gasteiger partial charge >= 0.3 is 5.69 Å². The predicted molar refractivity (Wildman–Crippen MR) is 72.5 cm³/mol. The Hall–Kier alpha value is -2.28. The van der Waals surface area contributed by atoms with E-state index >= 15 is 0 Å². The summed E-state index contributed by atoms with van der Waals surface area (Å²) in [7, 11) is 0. The number of halogens is 1. The Labute approximate surface area is 115 Å². The zero-order chi connectivity index (χ0) is 14.7. The number of nitrogens with zero attached hydrogens (tertiary/aromatic N) is 2. The van der Waals surface area contributed by atoms with E-state index in [-0.39, 0.29) is 6.04 Å². The minimum atomic E-state index is -0.860. The van der Waals surface area contributed by atoms with Crippen LogP contribution in [0.4, 0.5) is 10.1 Å². The summed E-state index contributed by atoms with van der Waals surface area (Å²) in [5.41, 5.74) is 6.46. The number of nitro benzene ring substituents is 1. The highest BCUT2D eigenvalue weighted by Crippen LogP contribution is 2.26. The van der Waals surface area contributed by atoms with Gasteiger partial charge in [-0.05, 0) is 18.6 Å². The van der Waals surface area contributed by atoms with Gasteiger partial charge in [0.05, 0.1) is 22.9 Å². The van der Waals surface area contributed by atoms with Crippen LogP contribution in [0.3, 0.4) is 0 Å². The minimum Gasteiger partial charge on any atom is -0.341 e. The van der Waals surface area contributed by atoms with E-state index < -0.39 is 16.4 Å². The molecule has 106 valence electrons. The maximum Gasteiger partial charge on any atom is 0.305 e. The monoisotopic (exact) mass is 278 g/mol. The van der Waals surface area contributed by atoms with Crippen molar-refractivity contribution in [1.29, 1.82) is 0 Å². The van der Waals surface area contributed by atoms with Gasteiger partial charge in [0.1, 0.15) is 5.82 Å². The summed E-state index contributed by atoms with van der Waals surface area (Å²) in [6, 6.07) is 3.51. The van der Waals surface area contributed by atoms with Crippen LogP contribution in [0.25, 0.3) is 11.3 Å². The van der Waals surface area contributed by atoms with E-state index in [0.29, 0.717) is 17.1 Å². The van der Waals surface area contributed by atoms with E-state index in [1.807, 2.05) is 6.92 Å². The third kappa shape index (κ3) is 2.83. The Morgan fingerprint density at radius 2 is 2.30 bits per heavy atom. The van der Waals surface area contributed by atoms with Gasteiger partial charge < -0.3 is 10.7 Å². The van der Waals surface area contributed by atoms with Crippen molar-refractivity contribution in [3.8, 4) is 11.3 Å². The quantitative estimate of drug-likeness (QED) is 0.649. The van der Waals surface area contributed by atoms with Gasteiger partial charge in [0, 0.05) is 11.6 Å². The molecule has 1 heterocycles. The molecule has 0 spiro atoms. The Morgan fingerprint density at radius 3 is 2.95 bits per heavy atom. The van der Waals surface area contributed by atoms with Gasteiger partial charge in [0.2, 0.25) is 5.82 Å². The van der Waals surface area contributed by atoms with Crippen LogP contribution in [-0.4, -0.2) is 14.9 Å². The Bertz CT molecular complexity index is 627. The van der Waals surface area contributed by atoms with Gasteiger partial charge in [-0.3, -0.25) is 10.1 Å². The smallest absolute Gasteiger partial charge is 0.305 e. The number of benzene rings is 1. The molecule has 0 aliphatic rings. The summed E-state index contributed by atoms with van der Waals surface area (Å²) in [5, 5.41) is 10.7. The van der Waals surface area contributed by atoms with Crippen LogP contribution in [0.1, 0.15) is 31.6 Å². The molecule has 1 aromatic heterocycles. The Kier molecular flexibility index (Phi) is 4.09. The number of nitrogens with one attached hydrogen (secondary N) is 1. The second kappa shape index (κ2) is 5.79. The first kappa shape index (κ1) is 14.1. The molecule has 2 aromatic rings. The molecule has 0 bridgehead atoms. The van der Waals surface area contributed by atoms with Crippen LogP contribution in [-0.2, 0) is 0 Å². The van der Waals surface area contributed by atoms with Gasteiger partial charge in [-0.2, -0.15) is 4.39 Å². The molecule has 0 amide bonds. The average Bonchev–Trinajstić information content (AvgIpc) is 2.89. The van der Waals surface area contributed by atoms with Crippen molar-refractivity contribution < 1.29 is 9.31 Å². The summed E-state index contributed by atoms with van der Waals surface area (Å²) in [6.45, 7) is 2.02. The molecule has 1 aromatic carbocycles. The fraction of sp³-hybridized carbons (Fsp3) is 0.308. The van der Waals surface area contributed by atoms with Crippen molar-refractivity contribution in [1.82, 2.24) is 9.97 Å². The molecule has 0 aliphatic carbocycles. The van der Waals surface area contributed by atoms with Gasteiger partial charge in [0.25, 0.3) is 0 Å². The van der Waals surface area contributed by atoms with Crippen molar-refractivity contribution in [3.63, 3.8) is 0 Å². The van der Waals surface area contributed by atoms with Gasteiger partial charge in [-0.15, -0.1) is 0 Å². The SMILES string of the molecule is CCCC(N)c1ncc(-c2ccc(F)c([N+](=O)[O-])c2)[nH]1. The van der Waals surface area contributed by atoms with Crippen LogP contribution >= 0.6 is 0 Å². The van der Waals surface area contributed by atoms with Crippen molar-refractivity contribution in [2.45, 2.75) is 25.8 Å². The number of nitrogens with two attached hydrogens (primary N) is 1. The molecule has 6 nitrogen and oxygen atoms in total. The lowest BCUT2D eigenvalue weighted by Gasteiger charge is -2.06. The van der Waals surface area contributed by atoms with E-state index in [2.05, 4.69) is 9.97 Å². The van der Waals surface area contributed by atoms with E-state index in [9.17, 15) is 14.5 Å². The number of rotatable bonds is 5. The standard InChI is InChI=1S/C13H15FN4O2/c1-2-3-10(15)13-16-7-11(17-13)8-4-5-9(14)12(6-8)18(19)20/h4-7,10H,2-3,15H2,1H3,(H,16,17). The molecule has 0 saturated carbocycles. The highest BCUT2D eigenvalue weighted by Gasteiger charge is 2.16. The third-order valence-electron chi connectivity index (χ3n) is 3.00. The lowest BCUT2D eigenvalue weighted by atomic mass is 10.1. The van der Waals surface area contributed by atoms with Crippen molar-refractivity contribution in [3.05, 3.63) is 46.2 Å². The maximum atomic E-state index is 13.3. The number of H-pyrrole nitrogens is 1. The fourth-order valence-electron chi connectivity index (χ4n) is 1.94. The van der Waals surface area contributed by atoms with E-state index in [4.69, 9.17) is 5.73 Å². The summed E-state index contributed by atoms with van der Waals surface area (Å²) in [6.07, 6.45) is 3.26. The van der Waals surface area contributed by atoms with Gasteiger partial charge in [-0.1, -0.05) is 13.3 Å². The minimum absolute atomic E-state index is 0.204. The first-order valence-electron chi connectivity index (χ1n) is 6.27. The number of hydrogen-bond acceptors (Lipinski definition) is 4. The van der Waals surface area contributed by atoms with E-state index in [0.717, 1.165) is 18.9 Å². The van der Waals surface area contributed by atoms with E-state index in [1.165, 1.54) is 12.1 Å². The normalized spacial score (nSPS) is 12.3. The van der Waals surface area contributed by atoms with Crippen LogP contribution in [0.2, 0.25) is 0 Å². The molecule has 3 N–H and O–H groups in total. The summed E-state index contributed by atoms with van der Waals surface area (Å²) >= 11 is 0. The van der Waals surface area contributed by atoms with Crippen molar-refractivity contribution in [2.75, 3.05) is 0 Å². The van der Waals surface area contributed by atoms with Crippen LogP contribution in [0, 0.1) is 15.9 Å². The number of aromatic amines is 1. The summed E-state index contributed by atoms with van der Waals surface area (Å²) < 4.78 is 13.3. The van der Waals surface area contributed by atoms with E-state index in [1.54, 1.807) is 6.20 Å². The zero-order valence-electron chi connectivity index (χ0n) is 11.0. The van der Waals surface area contributed by atoms with Crippen LogP contribution in [0.5, 0.6) is 0 Å². The zero-order valence-corrected chi connectivity index (χ0v) is 11.0. The Morgan fingerprint density at radius 1 is 1.55 bits per heavy atom. The molecular weight excluding hydrogens is 263 g/mol. The Balaban J connectivity index is 2.33. The number of aromatic nitrogens is 2. The van der Waals surface area contributed by atoms with Crippen molar-refractivity contribution >= 4 is 5.69 Å². The molecule has 0 radical (unpaired) electrons. The molecule has 0 aliphatic heterocycles. The fourth-order valence-corrected chi connectivity index (χ4v) is 1.94. The summed E-state index contributed by atoms with van der Waals surface area (Å²) in [5.74, 6) is -0.241. The lowest BCUT2D eigenvalue weighted by Crippen LogP contribution is -2.11. The average molecular weight is 278 g/mol. The van der Waals surface area contributed by atoms with Crippen LogP contribution < -0.4 is 5.73 Å². The number of hydrogen-bond donors (Lipinski definition) is 2. The molecule has 1 atom stereocenters. The first-order chi connectivity index (χ1) is 9.52. The number of nitro groups is 1. The highest BCUT2D eigenvalue weighted by atomic mass is 19.1. The number of imidazole rings is 1. The predicted octanol–water partition coefficient (Wildman–Crippen LogP) is 2.92. The van der Waals surface area contributed by atoms with Gasteiger partial charge in [0.15, 0.2) is 0 Å². The van der Waals surface area contributed by atoms with Crippen LogP contribution in [0.15, 0.2) is 24.4 Å². The second-order valence-corrected chi connectivity index (χ2v) is 4.50. The maximum absolute atomic E-state index is 13.3. The lowest BCUT2D eigenvalue weighted by molar-refractivity contribution is -0.387. The molecule has 0 fully saturated rings. The summed E-state index contributed by atoms with van der Waals surface area (Å²) in [4.78, 5) is 17.2. The topological polar surface area (TPSA) is 97.8 Å². The molecule has 1 unspecified atom stereocenters. The molecule has 2 rings (SSSR count). The molecule has 7 heteroatoms.